The van der Waals surface area contributed by atoms with Crippen molar-refractivity contribution >= 4 is 35.5 Å². The highest BCUT2D eigenvalue weighted by atomic mass is 19.4. The number of amides is 4. The van der Waals surface area contributed by atoms with Gasteiger partial charge < -0.3 is 26.6 Å². The normalized spacial score (nSPS) is 15.0. The number of hydrogen-bond acceptors (Lipinski definition) is 6. The van der Waals surface area contributed by atoms with Crippen molar-refractivity contribution in [3.8, 4) is 0 Å². The van der Waals surface area contributed by atoms with Crippen LogP contribution in [0.15, 0.2) is 24.3 Å². The van der Waals surface area contributed by atoms with Gasteiger partial charge in [-0.3, -0.25) is 19.3 Å². The number of urea groups is 1. The molecule has 0 radical (unpaired) electrons. The molecule has 32 heavy (non-hydrogen) atoms. The molecule has 1 fully saturated rings. The molecular weight excluding hydrogens is 441 g/mol. The van der Waals surface area contributed by atoms with Crippen molar-refractivity contribution in [1.82, 2.24) is 15.5 Å². The number of imide groups is 1. The molecule has 1 aromatic carbocycles. The second kappa shape index (κ2) is 11.5. The molecule has 0 spiro atoms. The topological polar surface area (TPSA) is 179 Å². The molecule has 2 rings (SSSR count). The van der Waals surface area contributed by atoms with Crippen LogP contribution in [0.3, 0.4) is 0 Å². The summed E-state index contributed by atoms with van der Waals surface area (Å²) < 4.78 is 31.7. The van der Waals surface area contributed by atoms with Gasteiger partial charge in [0.05, 0.1) is 12.5 Å². The number of alkyl halides is 3. The second-order valence-electron chi connectivity index (χ2n) is 6.52. The van der Waals surface area contributed by atoms with E-state index in [1.54, 1.807) is 24.3 Å². The Bertz CT molecular complexity index is 859. The SMILES string of the molecule is Nc1ccc(CNC(=O)N2C(=O)CC2CC(=O)NCCC(=O)O)cc1.O=C(O)C(F)(F)F. The van der Waals surface area contributed by atoms with E-state index >= 15 is 0 Å². The van der Waals surface area contributed by atoms with Gasteiger partial charge in [0.2, 0.25) is 11.8 Å². The van der Waals surface area contributed by atoms with Crippen LogP contribution in [-0.4, -0.2) is 63.7 Å². The number of nitrogens with zero attached hydrogens (tertiary/aromatic N) is 1. The van der Waals surface area contributed by atoms with E-state index in [9.17, 15) is 32.3 Å². The number of carbonyl (C=O) groups excluding carboxylic acids is 3. The number of carboxylic acid groups (broad SMARTS) is 2. The molecular formula is C18H21F3N4O7. The minimum absolute atomic E-state index is 0.0121. The number of carboxylic acids is 2. The van der Waals surface area contributed by atoms with Crippen molar-refractivity contribution < 1.29 is 47.4 Å². The number of likely N-dealkylation sites (tertiary alicyclic amines) is 1. The van der Waals surface area contributed by atoms with E-state index < -0.39 is 36.1 Å². The van der Waals surface area contributed by atoms with E-state index in [2.05, 4.69) is 10.6 Å². The zero-order chi connectivity index (χ0) is 24.5. The zero-order valence-electron chi connectivity index (χ0n) is 16.5. The maximum atomic E-state index is 12.1. The molecule has 0 aromatic heterocycles. The van der Waals surface area contributed by atoms with E-state index in [1.807, 2.05) is 0 Å². The minimum Gasteiger partial charge on any atom is -0.481 e. The molecule has 11 nitrogen and oxygen atoms in total. The van der Waals surface area contributed by atoms with Crippen molar-refractivity contribution in [2.24, 2.45) is 0 Å². The Morgan fingerprint density at radius 1 is 1.09 bits per heavy atom. The van der Waals surface area contributed by atoms with Gasteiger partial charge in [-0.1, -0.05) is 12.1 Å². The molecule has 1 saturated heterocycles. The van der Waals surface area contributed by atoms with Gasteiger partial charge in [0.1, 0.15) is 0 Å². The summed E-state index contributed by atoms with van der Waals surface area (Å²) in [5.41, 5.74) is 7.03. The first-order valence-electron chi connectivity index (χ1n) is 9.04. The number of nitrogen functional groups attached to an aromatic ring is 1. The fourth-order valence-corrected chi connectivity index (χ4v) is 2.42. The highest BCUT2D eigenvalue weighted by Gasteiger charge is 2.41. The summed E-state index contributed by atoms with van der Waals surface area (Å²) in [6.07, 6.45) is -5.19. The summed E-state index contributed by atoms with van der Waals surface area (Å²) >= 11 is 0. The lowest BCUT2D eigenvalue weighted by atomic mass is 9.99. The van der Waals surface area contributed by atoms with Crippen LogP contribution in [0.2, 0.25) is 0 Å². The van der Waals surface area contributed by atoms with Gasteiger partial charge in [-0.2, -0.15) is 13.2 Å². The Morgan fingerprint density at radius 3 is 2.12 bits per heavy atom. The molecule has 14 heteroatoms. The van der Waals surface area contributed by atoms with E-state index in [1.165, 1.54) is 0 Å². The molecule has 1 unspecified atom stereocenters. The molecule has 6 N–H and O–H groups in total. The van der Waals surface area contributed by atoms with Gasteiger partial charge in [0.25, 0.3) is 0 Å². The Morgan fingerprint density at radius 2 is 1.66 bits per heavy atom. The molecule has 1 aromatic rings. The van der Waals surface area contributed by atoms with Gasteiger partial charge in [0, 0.05) is 31.6 Å². The van der Waals surface area contributed by atoms with Crippen molar-refractivity contribution in [1.29, 1.82) is 0 Å². The van der Waals surface area contributed by atoms with Crippen LogP contribution in [-0.2, 0) is 25.7 Å². The quantitative estimate of drug-likeness (QED) is 0.290. The van der Waals surface area contributed by atoms with Crippen LogP contribution >= 0.6 is 0 Å². The lowest BCUT2D eigenvalue weighted by Crippen LogP contribution is -2.59. The number of nitrogens with one attached hydrogen (secondary N) is 2. The lowest BCUT2D eigenvalue weighted by molar-refractivity contribution is -0.192. The highest BCUT2D eigenvalue weighted by molar-refractivity contribution is 6.00. The minimum atomic E-state index is -5.08. The molecule has 1 heterocycles. The molecule has 1 aliphatic heterocycles. The largest absolute Gasteiger partial charge is 0.490 e. The summed E-state index contributed by atoms with van der Waals surface area (Å²) in [4.78, 5) is 55.8. The van der Waals surface area contributed by atoms with Crippen LogP contribution in [0.4, 0.5) is 23.7 Å². The Kier molecular flexibility index (Phi) is 9.43. The van der Waals surface area contributed by atoms with Crippen molar-refractivity contribution in [3.05, 3.63) is 29.8 Å². The van der Waals surface area contributed by atoms with Crippen LogP contribution in [0.5, 0.6) is 0 Å². The fourth-order valence-electron chi connectivity index (χ4n) is 2.42. The average Bonchev–Trinajstić information content (AvgIpc) is 2.66. The summed E-state index contributed by atoms with van der Waals surface area (Å²) in [5, 5.41) is 20.7. The van der Waals surface area contributed by atoms with E-state index in [-0.39, 0.29) is 38.3 Å². The van der Waals surface area contributed by atoms with Gasteiger partial charge in [-0.15, -0.1) is 0 Å². The number of halogens is 3. The number of aliphatic carboxylic acids is 2. The predicted molar refractivity (Wildman–Crippen MR) is 102 cm³/mol. The van der Waals surface area contributed by atoms with Gasteiger partial charge in [0.15, 0.2) is 0 Å². The first-order valence-corrected chi connectivity index (χ1v) is 9.04. The zero-order valence-corrected chi connectivity index (χ0v) is 16.5. The highest BCUT2D eigenvalue weighted by Crippen LogP contribution is 2.22. The van der Waals surface area contributed by atoms with Crippen molar-refractivity contribution in [3.63, 3.8) is 0 Å². The van der Waals surface area contributed by atoms with E-state index in [4.69, 9.17) is 20.7 Å². The fraction of sp³-hybridized carbons (Fsp3) is 0.389. The molecule has 4 amide bonds. The first-order chi connectivity index (χ1) is 14.8. The summed E-state index contributed by atoms with van der Waals surface area (Å²) in [5.74, 6) is -4.51. The van der Waals surface area contributed by atoms with Gasteiger partial charge >= 0.3 is 24.1 Å². The van der Waals surface area contributed by atoms with Gasteiger partial charge in [-0.25, -0.2) is 9.59 Å². The third kappa shape index (κ3) is 8.89. The summed E-state index contributed by atoms with van der Waals surface area (Å²) in [6, 6.07) is 5.88. The summed E-state index contributed by atoms with van der Waals surface area (Å²) in [7, 11) is 0. The van der Waals surface area contributed by atoms with Crippen LogP contribution < -0.4 is 16.4 Å². The monoisotopic (exact) mass is 462 g/mol. The number of β-lactam (4-membered cyclic amide) rings is 1. The molecule has 176 valence electrons. The van der Waals surface area contributed by atoms with E-state index in [0.29, 0.717) is 5.69 Å². The number of nitrogens with two attached hydrogens (primary N) is 1. The molecule has 0 saturated carbocycles. The molecule has 0 aliphatic carbocycles. The maximum absolute atomic E-state index is 12.1. The van der Waals surface area contributed by atoms with Crippen LogP contribution in [0, 0.1) is 0 Å². The Hall–Kier alpha value is -3.84. The third-order valence-electron chi connectivity index (χ3n) is 4.01. The van der Waals surface area contributed by atoms with Crippen molar-refractivity contribution in [2.45, 2.75) is 38.0 Å². The Balaban J connectivity index is 0.000000633. The molecule has 1 aliphatic rings. The average molecular weight is 462 g/mol. The van der Waals surface area contributed by atoms with Crippen molar-refractivity contribution in [2.75, 3.05) is 12.3 Å². The maximum Gasteiger partial charge on any atom is 0.490 e. The lowest BCUT2D eigenvalue weighted by Gasteiger charge is -2.38. The smallest absolute Gasteiger partial charge is 0.481 e. The molecule has 0 bridgehead atoms. The molecule has 1 atom stereocenters. The second-order valence-corrected chi connectivity index (χ2v) is 6.52. The van der Waals surface area contributed by atoms with E-state index in [0.717, 1.165) is 10.5 Å². The van der Waals surface area contributed by atoms with Crippen LogP contribution in [0.1, 0.15) is 24.8 Å². The number of anilines is 1. The number of hydrogen-bond donors (Lipinski definition) is 5. The predicted octanol–water partition coefficient (Wildman–Crippen LogP) is 0.694. The Labute approximate surface area is 179 Å². The summed E-state index contributed by atoms with van der Waals surface area (Å²) in [6.45, 7) is 0.249. The van der Waals surface area contributed by atoms with Gasteiger partial charge in [-0.05, 0) is 17.7 Å². The first kappa shape index (κ1) is 26.2. The number of carbonyl (C=O) groups is 5. The van der Waals surface area contributed by atoms with Crippen LogP contribution in [0.25, 0.3) is 0 Å². The third-order valence-corrected chi connectivity index (χ3v) is 4.01. The standard InChI is InChI=1S/C16H20N4O5.C2HF3O2/c17-11-3-1-10(2-4-11)9-19-16(25)20-12(8-14(20)22)7-13(21)18-6-5-15(23)24;3-2(4,5)1(6)7/h1-4,12H,5-9,17H2,(H,18,21)(H,19,25)(H,23,24);(H,6,7). The number of benzene rings is 1. The number of rotatable bonds is 7.